The molecule has 0 spiro atoms. The lowest BCUT2D eigenvalue weighted by atomic mass is 9.97. The van der Waals surface area contributed by atoms with Gasteiger partial charge >= 0.3 is 0 Å². The van der Waals surface area contributed by atoms with Crippen molar-refractivity contribution in [2.24, 2.45) is 0 Å². The molecule has 0 aliphatic rings. The van der Waals surface area contributed by atoms with Crippen molar-refractivity contribution in [1.82, 2.24) is 9.97 Å². The minimum atomic E-state index is 0.717. The summed E-state index contributed by atoms with van der Waals surface area (Å²) in [7, 11) is 0. The van der Waals surface area contributed by atoms with Crippen LogP contribution in [0.3, 0.4) is 0 Å². The third-order valence-corrected chi connectivity index (χ3v) is 9.68. The van der Waals surface area contributed by atoms with Gasteiger partial charge < -0.3 is 4.42 Å². The fourth-order valence-corrected chi connectivity index (χ4v) is 7.12. The van der Waals surface area contributed by atoms with Crippen molar-refractivity contribution in [2.45, 2.75) is 0 Å². The number of nitrogens with zero attached hydrogens (tertiary/aromatic N) is 2. The molecule has 0 amide bonds. The second-order valence-electron chi connectivity index (χ2n) is 12.6. The third kappa shape index (κ3) is 4.67. The summed E-state index contributed by atoms with van der Waals surface area (Å²) in [6, 6.07) is 59.8. The van der Waals surface area contributed by atoms with E-state index in [0.717, 1.165) is 71.6 Å². The fraction of sp³-hybridized carbons (Fsp3) is 0. The Bertz CT molecular complexity index is 2870. The molecule has 0 radical (unpaired) electrons. The molecular formula is C46H28N2O. The molecule has 0 aliphatic carbocycles. The van der Waals surface area contributed by atoms with E-state index >= 15 is 0 Å². The molecule has 2 aromatic heterocycles. The summed E-state index contributed by atoms with van der Waals surface area (Å²) >= 11 is 0. The predicted molar refractivity (Wildman–Crippen MR) is 204 cm³/mol. The average Bonchev–Trinajstić information content (AvgIpc) is 3.56. The van der Waals surface area contributed by atoms with Crippen LogP contribution in [0.4, 0.5) is 0 Å². The molecule has 0 saturated heterocycles. The number of furan rings is 1. The summed E-state index contributed by atoms with van der Waals surface area (Å²) in [6.45, 7) is 0. The molecule has 0 fully saturated rings. The summed E-state index contributed by atoms with van der Waals surface area (Å²) in [5.74, 6) is 0.717. The van der Waals surface area contributed by atoms with Gasteiger partial charge in [-0.15, -0.1) is 0 Å². The lowest BCUT2D eigenvalue weighted by Crippen LogP contribution is -1.95. The van der Waals surface area contributed by atoms with Crippen LogP contribution in [-0.4, -0.2) is 9.97 Å². The zero-order valence-electron chi connectivity index (χ0n) is 26.5. The molecule has 2 heterocycles. The van der Waals surface area contributed by atoms with E-state index in [9.17, 15) is 0 Å². The lowest BCUT2D eigenvalue weighted by molar-refractivity contribution is 0.672. The molecule has 10 rings (SSSR count). The first-order valence-electron chi connectivity index (χ1n) is 16.6. The number of hydrogen-bond donors (Lipinski definition) is 0. The van der Waals surface area contributed by atoms with Gasteiger partial charge in [0.1, 0.15) is 11.2 Å². The highest BCUT2D eigenvalue weighted by Crippen LogP contribution is 2.37. The van der Waals surface area contributed by atoms with Crippen LogP contribution >= 0.6 is 0 Å². The second-order valence-corrected chi connectivity index (χ2v) is 12.6. The Morgan fingerprint density at radius 2 is 0.918 bits per heavy atom. The molecule has 3 nitrogen and oxygen atoms in total. The Balaban J connectivity index is 0.997. The summed E-state index contributed by atoms with van der Waals surface area (Å²) < 4.78 is 6.28. The number of para-hydroxylation sites is 2. The number of benzene rings is 8. The van der Waals surface area contributed by atoms with Crippen LogP contribution in [0.15, 0.2) is 174 Å². The second kappa shape index (κ2) is 11.0. The minimum absolute atomic E-state index is 0.717. The zero-order valence-corrected chi connectivity index (χ0v) is 26.5. The maximum absolute atomic E-state index is 6.28. The van der Waals surface area contributed by atoms with Gasteiger partial charge in [-0.3, -0.25) is 0 Å². The minimum Gasteiger partial charge on any atom is -0.455 e. The van der Waals surface area contributed by atoms with Crippen LogP contribution in [0.1, 0.15) is 0 Å². The predicted octanol–water partition coefficient (Wildman–Crippen LogP) is 12.5. The fourth-order valence-electron chi connectivity index (χ4n) is 7.12. The van der Waals surface area contributed by atoms with Crippen molar-refractivity contribution in [1.29, 1.82) is 0 Å². The first kappa shape index (κ1) is 27.5. The highest BCUT2D eigenvalue weighted by atomic mass is 16.3. The van der Waals surface area contributed by atoms with E-state index in [-0.39, 0.29) is 0 Å². The highest BCUT2D eigenvalue weighted by Gasteiger charge is 2.14. The largest absolute Gasteiger partial charge is 0.455 e. The Morgan fingerprint density at radius 1 is 0.347 bits per heavy atom. The van der Waals surface area contributed by atoms with Crippen molar-refractivity contribution in [3.63, 3.8) is 0 Å². The van der Waals surface area contributed by atoms with Crippen molar-refractivity contribution < 1.29 is 4.42 Å². The summed E-state index contributed by atoms with van der Waals surface area (Å²) in [5.41, 5.74) is 10.4. The van der Waals surface area contributed by atoms with Gasteiger partial charge in [-0.2, -0.15) is 0 Å². The molecule has 228 valence electrons. The van der Waals surface area contributed by atoms with E-state index in [1.54, 1.807) is 0 Å². The van der Waals surface area contributed by atoms with Gasteiger partial charge in [0.15, 0.2) is 5.82 Å². The molecule has 0 aliphatic heterocycles. The van der Waals surface area contributed by atoms with Gasteiger partial charge in [0, 0.05) is 32.7 Å². The summed E-state index contributed by atoms with van der Waals surface area (Å²) in [5, 5.41) is 8.10. The molecule has 0 saturated carbocycles. The quantitative estimate of drug-likeness (QED) is 0.196. The smallest absolute Gasteiger partial charge is 0.160 e. The Kier molecular flexibility index (Phi) is 6.18. The van der Waals surface area contributed by atoms with Gasteiger partial charge in [-0.25, -0.2) is 9.97 Å². The van der Waals surface area contributed by atoms with E-state index < -0.39 is 0 Å². The molecular weight excluding hydrogens is 597 g/mol. The standard InChI is InChI=1S/C46H28N2O/c1-2-8-34-27-35(22-17-29(34)7-1)31-15-20-33(21-16-31)46-47-42-11-5-3-10-41(42)44(48-46)32-18-13-30(14-19-32)36-23-25-38-37(28-36)24-26-40-39-9-4-6-12-43(39)49-45(38)40/h1-28H. The first-order chi connectivity index (χ1) is 24.2. The van der Waals surface area contributed by atoms with Crippen LogP contribution in [0.5, 0.6) is 0 Å². The maximum atomic E-state index is 6.28. The van der Waals surface area contributed by atoms with Crippen molar-refractivity contribution in [3.05, 3.63) is 170 Å². The number of rotatable bonds is 4. The third-order valence-electron chi connectivity index (χ3n) is 9.68. The Labute approximate surface area is 282 Å². The molecule has 10 aromatic rings. The van der Waals surface area contributed by atoms with Gasteiger partial charge in [0.2, 0.25) is 0 Å². The lowest BCUT2D eigenvalue weighted by Gasteiger charge is -2.11. The monoisotopic (exact) mass is 624 g/mol. The van der Waals surface area contributed by atoms with Gasteiger partial charge in [0.25, 0.3) is 0 Å². The molecule has 49 heavy (non-hydrogen) atoms. The molecule has 0 unspecified atom stereocenters. The van der Waals surface area contributed by atoms with E-state index in [1.165, 1.54) is 21.9 Å². The van der Waals surface area contributed by atoms with Crippen LogP contribution in [0.25, 0.3) is 99.3 Å². The van der Waals surface area contributed by atoms with E-state index in [0.29, 0.717) is 5.82 Å². The summed E-state index contributed by atoms with van der Waals surface area (Å²) in [6.07, 6.45) is 0. The number of hydrogen-bond acceptors (Lipinski definition) is 3. The van der Waals surface area contributed by atoms with Crippen molar-refractivity contribution in [2.75, 3.05) is 0 Å². The molecule has 0 atom stereocenters. The maximum Gasteiger partial charge on any atom is 0.160 e. The molecule has 8 aromatic carbocycles. The van der Waals surface area contributed by atoms with E-state index in [2.05, 4.69) is 152 Å². The molecule has 0 N–H and O–H groups in total. The van der Waals surface area contributed by atoms with E-state index in [4.69, 9.17) is 14.4 Å². The Hall–Kier alpha value is -6.58. The number of aromatic nitrogens is 2. The number of fused-ring (bicyclic) bond motifs is 7. The van der Waals surface area contributed by atoms with Crippen LogP contribution in [0.2, 0.25) is 0 Å². The molecule has 0 bridgehead atoms. The van der Waals surface area contributed by atoms with Crippen LogP contribution in [-0.2, 0) is 0 Å². The molecule has 3 heteroatoms. The topological polar surface area (TPSA) is 38.9 Å². The average molecular weight is 625 g/mol. The van der Waals surface area contributed by atoms with E-state index in [1.807, 2.05) is 18.2 Å². The van der Waals surface area contributed by atoms with Gasteiger partial charge in [-0.1, -0.05) is 133 Å². The summed E-state index contributed by atoms with van der Waals surface area (Å²) in [4.78, 5) is 10.1. The van der Waals surface area contributed by atoms with Crippen LogP contribution < -0.4 is 0 Å². The highest BCUT2D eigenvalue weighted by molar-refractivity contribution is 6.15. The zero-order chi connectivity index (χ0) is 32.3. The SMILES string of the molecule is c1ccc2cc(-c3ccc(-c4nc(-c5ccc(-c6ccc7c(ccc8c9ccccc9oc78)c6)cc5)c5ccccc5n4)cc3)ccc2c1. The van der Waals surface area contributed by atoms with Crippen molar-refractivity contribution in [3.8, 4) is 44.9 Å². The van der Waals surface area contributed by atoms with Gasteiger partial charge in [-0.05, 0) is 74.8 Å². The van der Waals surface area contributed by atoms with Gasteiger partial charge in [0.05, 0.1) is 11.2 Å². The Morgan fingerprint density at radius 3 is 1.73 bits per heavy atom. The van der Waals surface area contributed by atoms with Crippen molar-refractivity contribution >= 4 is 54.4 Å². The van der Waals surface area contributed by atoms with Crippen LogP contribution in [0, 0.1) is 0 Å². The normalized spacial score (nSPS) is 11.7. The first-order valence-corrected chi connectivity index (χ1v) is 16.6.